The molecule has 0 spiro atoms. The molecule has 0 bridgehead atoms. The fourth-order valence-electron chi connectivity index (χ4n) is 3.21. The first kappa shape index (κ1) is 16.8. The molecular formula is C19H21ClN2O2. The molecule has 2 aromatic carbocycles. The Morgan fingerprint density at radius 1 is 1.12 bits per heavy atom. The van der Waals surface area contributed by atoms with E-state index in [0.29, 0.717) is 29.4 Å². The SMILES string of the molecule is Nc1ccccc1C(=O)N1CCC(C(O)c2ccc(Cl)cc2)CC1. The number of nitrogens with two attached hydrogens (primary N) is 1. The number of aliphatic hydroxyl groups excluding tert-OH is 1. The second kappa shape index (κ2) is 7.24. The molecule has 24 heavy (non-hydrogen) atoms. The van der Waals surface area contributed by atoms with E-state index in [0.717, 1.165) is 18.4 Å². The average Bonchev–Trinajstić information content (AvgIpc) is 2.62. The van der Waals surface area contributed by atoms with Gasteiger partial charge in [-0.15, -0.1) is 0 Å². The van der Waals surface area contributed by atoms with Crippen molar-refractivity contribution in [1.82, 2.24) is 4.90 Å². The van der Waals surface area contributed by atoms with Crippen molar-refractivity contribution in [3.8, 4) is 0 Å². The summed E-state index contributed by atoms with van der Waals surface area (Å²) in [4.78, 5) is 14.4. The van der Waals surface area contributed by atoms with Gasteiger partial charge in [0.2, 0.25) is 0 Å². The molecule has 1 amide bonds. The van der Waals surface area contributed by atoms with Gasteiger partial charge in [-0.05, 0) is 48.6 Å². The third-order valence-corrected chi connectivity index (χ3v) is 4.93. The highest BCUT2D eigenvalue weighted by Crippen LogP contribution is 2.32. The molecule has 126 valence electrons. The molecule has 2 aromatic rings. The van der Waals surface area contributed by atoms with Gasteiger partial charge in [-0.25, -0.2) is 0 Å². The highest BCUT2D eigenvalue weighted by atomic mass is 35.5. The third-order valence-electron chi connectivity index (χ3n) is 4.68. The van der Waals surface area contributed by atoms with E-state index in [1.54, 1.807) is 24.3 Å². The summed E-state index contributed by atoms with van der Waals surface area (Å²) in [5, 5.41) is 11.2. The lowest BCUT2D eigenvalue weighted by Crippen LogP contribution is -2.40. The van der Waals surface area contributed by atoms with Gasteiger partial charge in [0.25, 0.3) is 5.91 Å². The summed E-state index contributed by atoms with van der Waals surface area (Å²) in [6, 6.07) is 14.4. The van der Waals surface area contributed by atoms with Gasteiger partial charge in [-0.2, -0.15) is 0 Å². The Balaban J connectivity index is 1.62. The van der Waals surface area contributed by atoms with Crippen molar-refractivity contribution >= 4 is 23.2 Å². The van der Waals surface area contributed by atoms with Gasteiger partial charge < -0.3 is 15.7 Å². The molecule has 1 saturated heterocycles. The number of para-hydroxylation sites is 1. The van der Waals surface area contributed by atoms with Crippen LogP contribution in [0.15, 0.2) is 48.5 Å². The number of rotatable bonds is 3. The fourth-order valence-corrected chi connectivity index (χ4v) is 3.34. The number of nitrogen functional groups attached to an aromatic ring is 1. The smallest absolute Gasteiger partial charge is 0.255 e. The Labute approximate surface area is 146 Å². The van der Waals surface area contributed by atoms with Gasteiger partial charge in [0.05, 0.1) is 11.7 Å². The first-order valence-electron chi connectivity index (χ1n) is 8.13. The molecule has 3 N–H and O–H groups in total. The number of carbonyl (C=O) groups is 1. The molecule has 1 fully saturated rings. The van der Waals surface area contributed by atoms with E-state index in [9.17, 15) is 9.90 Å². The normalized spacial score (nSPS) is 16.8. The number of amides is 1. The van der Waals surface area contributed by atoms with Crippen LogP contribution in [0.4, 0.5) is 5.69 Å². The van der Waals surface area contributed by atoms with Crippen molar-refractivity contribution in [3.63, 3.8) is 0 Å². The molecule has 1 atom stereocenters. The molecule has 1 heterocycles. The fraction of sp³-hybridized carbons (Fsp3) is 0.316. The number of nitrogens with zero attached hydrogens (tertiary/aromatic N) is 1. The lowest BCUT2D eigenvalue weighted by atomic mass is 9.87. The Bertz CT molecular complexity index is 710. The van der Waals surface area contributed by atoms with Crippen molar-refractivity contribution < 1.29 is 9.90 Å². The maximum atomic E-state index is 12.6. The molecule has 0 aliphatic carbocycles. The quantitative estimate of drug-likeness (QED) is 0.837. The van der Waals surface area contributed by atoms with Crippen LogP contribution in [-0.2, 0) is 0 Å². The van der Waals surface area contributed by atoms with E-state index in [1.807, 2.05) is 29.2 Å². The van der Waals surface area contributed by atoms with E-state index >= 15 is 0 Å². The van der Waals surface area contributed by atoms with Crippen LogP contribution in [0, 0.1) is 5.92 Å². The summed E-state index contributed by atoms with van der Waals surface area (Å²) >= 11 is 5.89. The van der Waals surface area contributed by atoms with Crippen LogP contribution in [0.1, 0.15) is 34.9 Å². The van der Waals surface area contributed by atoms with E-state index in [4.69, 9.17) is 17.3 Å². The lowest BCUT2D eigenvalue weighted by molar-refractivity contribution is 0.0463. The molecule has 0 saturated carbocycles. The van der Waals surface area contributed by atoms with Gasteiger partial charge in [0, 0.05) is 23.8 Å². The summed E-state index contributed by atoms with van der Waals surface area (Å²) in [6.45, 7) is 1.25. The molecule has 5 heteroatoms. The molecule has 1 unspecified atom stereocenters. The summed E-state index contributed by atoms with van der Waals surface area (Å²) in [5.74, 6) is 0.107. The summed E-state index contributed by atoms with van der Waals surface area (Å²) in [5.41, 5.74) is 7.82. The van der Waals surface area contributed by atoms with Crippen LogP contribution in [0.3, 0.4) is 0 Å². The molecule has 0 aromatic heterocycles. The maximum absolute atomic E-state index is 12.6. The monoisotopic (exact) mass is 344 g/mol. The summed E-state index contributed by atoms with van der Waals surface area (Å²) in [7, 11) is 0. The molecule has 3 rings (SSSR count). The van der Waals surface area contributed by atoms with Crippen LogP contribution >= 0.6 is 11.6 Å². The van der Waals surface area contributed by atoms with Gasteiger partial charge in [0.15, 0.2) is 0 Å². The Morgan fingerprint density at radius 3 is 2.38 bits per heavy atom. The Morgan fingerprint density at radius 2 is 1.75 bits per heavy atom. The zero-order valence-corrected chi connectivity index (χ0v) is 14.1. The first-order chi connectivity index (χ1) is 11.6. The number of likely N-dealkylation sites (tertiary alicyclic amines) is 1. The highest BCUT2D eigenvalue weighted by molar-refractivity contribution is 6.30. The van der Waals surface area contributed by atoms with Gasteiger partial charge >= 0.3 is 0 Å². The summed E-state index contributed by atoms with van der Waals surface area (Å²) < 4.78 is 0. The summed E-state index contributed by atoms with van der Waals surface area (Å²) in [6.07, 6.45) is 1.01. The standard InChI is InChI=1S/C19H21ClN2O2/c20-15-7-5-13(6-8-15)18(23)14-9-11-22(12-10-14)19(24)16-3-1-2-4-17(16)21/h1-8,14,18,23H,9-12,21H2. The average molecular weight is 345 g/mol. The number of benzene rings is 2. The number of hydrogen-bond donors (Lipinski definition) is 2. The lowest BCUT2D eigenvalue weighted by Gasteiger charge is -2.34. The van der Waals surface area contributed by atoms with Crippen LogP contribution in [-0.4, -0.2) is 29.0 Å². The number of carbonyl (C=O) groups excluding carboxylic acids is 1. The van der Waals surface area contributed by atoms with E-state index in [-0.39, 0.29) is 11.8 Å². The van der Waals surface area contributed by atoms with Crippen molar-refractivity contribution in [1.29, 1.82) is 0 Å². The maximum Gasteiger partial charge on any atom is 0.255 e. The van der Waals surface area contributed by atoms with Crippen molar-refractivity contribution in [2.24, 2.45) is 5.92 Å². The molecule has 1 aliphatic heterocycles. The second-order valence-electron chi connectivity index (χ2n) is 6.21. The Hall–Kier alpha value is -2.04. The minimum absolute atomic E-state index is 0.0347. The largest absolute Gasteiger partial charge is 0.398 e. The molecular weight excluding hydrogens is 324 g/mol. The van der Waals surface area contributed by atoms with Crippen LogP contribution in [0.5, 0.6) is 0 Å². The predicted molar refractivity (Wildman–Crippen MR) is 95.9 cm³/mol. The zero-order valence-electron chi connectivity index (χ0n) is 13.4. The van der Waals surface area contributed by atoms with E-state index in [1.165, 1.54) is 0 Å². The predicted octanol–water partition coefficient (Wildman–Crippen LogP) is 3.51. The number of anilines is 1. The minimum Gasteiger partial charge on any atom is -0.398 e. The van der Waals surface area contributed by atoms with Crippen molar-refractivity contribution in [2.75, 3.05) is 18.8 Å². The highest BCUT2D eigenvalue weighted by Gasteiger charge is 2.29. The van der Waals surface area contributed by atoms with Crippen molar-refractivity contribution in [2.45, 2.75) is 18.9 Å². The first-order valence-corrected chi connectivity index (χ1v) is 8.51. The van der Waals surface area contributed by atoms with Gasteiger partial charge in [-0.3, -0.25) is 4.79 Å². The second-order valence-corrected chi connectivity index (χ2v) is 6.65. The number of piperidine rings is 1. The molecule has 4 nitrogen and oxygen atoms in total. The van der Waals surface area contributed by atoms with E-state index < -0.39 is 6.10 Å². The van der Waals surface area contributed by atoms with Crippen molar-refractivity contribution in [3.05, 3.63) is 64.7 Å². The number of halogens is 1. The molecule has 1 aliphatic rings. The number of hydrogen-bond acceptors (Lipinski definition) is 3. The van der Waals surface area contributed by atoms with Gasteiger partial charge in [0.1, 0.15) is 0 Å². The zero-order chi connectivity index (χ0) is 17.1. The van der Waals surface area contributed by atoms with Crippen LogP contribution in [0.25, 0.3) is 0 Å². The van der Waals surface area contributed by atoms with Gasteiger partial charge in [-0.1, -0.05) is 35.9 Å². The minimum atomic E-state index is -0.527. The Kier molecular flexibility index (Phi) is 5.07. The topological polar surface area (TPSA) is 66.6 Å². The number of aliphatic hydroxyl groups is 1. The third kappa shape index (κ3) is 3.55. The van der Waals surface area contributed by atoms with Crippen LogP contribution < -0.4 is 5.73 Å². The van der Waals surface area contributed by atoms with E-state index in [2.05, 4.69) is 0 Å². The molecule has 0 radical (unpaired) electrons. The van der Waals surface area contributed by atoms with Crippen LogP contribution in [0.2, 0.25) is 5.02 Å².